The number of aromatic carboxylic acids is 1. The van der Waals surface area contributed by atoms with Crippen molar-refractivity contribution < 1.29 is 22.7 Å². The Kier molecular flexibility index (Phi) is 6.42. The van der Waals surface area contributed by atoms with E-state index in [1.807, 2.05) is 0 Å². The minimum atomic E-state index is -3.81. The van der Waals surface area contributed by atoms with Gasteiger partial charge in [-0.05, 0) is 35.2 Å². The maximum absolute atomic E-state index is 12.2. The number of rotatable bonds is 8. The molecular formula is C13H20BrNO5S. The van der Waals surface area contributed by atoms with Gasteiger partial charge in [-0.25, -0.2) is 17.9 Å². The van der Waals surface area contributed by atoms with Gasteiger partial charge in [-0.15, -0.1) is 0 Å². The van der Waals surface area contributed by atoms with Gasteiger partial charge in [0.05, 0.1) is 0 Å². The molecule has 1 atom stereocenters. The molecule has 2 N–H and O–H groups in total. The first-order valence-corrected chi connectivity index (χ1v) is 8.96. The summed E-state index contributed by atoms with van der Waals surface area (Å²) in [4.78, 5) is 10.6. The number of furan rings is 1. The topological polar surface area (TPSA) is 96.6 Å². The number of halogens is 1. The molecule has 8 heteroatoms. The van der Waals surface area contributed by atoms with Crippen LogP contribution < -0.4 is 4.72 Å². The lowest BCUT2D eigenvalue weighted by atomic mass is 10.0. The van der Waals surface area contributed by atoms with E-state index < -0.39 is 21.8 Å². The highest BCUT2D eigenvalue weighted by Crippen LogP contribution is 2.26. The van der Waals surface area contributed by atoms with Crippen LogP contribution in [0.4, 0.5) is 0 Å². The van der Waals surface area contributed by atoms with Gasteiger partial charge in [-0.2, -0.15) is 0 Å². The molecule has 0 aromatic carbocycles. The maximum atomic E-state index is 12.2. The second-order valence-electron chi connectivity index (χ2n) is 5.40. The summed E-state index contributed by atoms with van der Waals surface area (Å²) < 4.78 is 31.7. The average Bonchev–Trinajstić information content (AvgIpc) is 2.71. The fourth-order valence-corrected chi connectivity index (χ4v) is 4.08. The molecule has 0 aliphatic rings. The molecule has 120 valence electrons. The smallest absolute Gasteiger partial charge is 0.371 e. The number of carboxylic acids is 1. The maximum Gasteiger partial charge on any atom is 0.371 e. The van der Waals surface area contributed by atoms with Crippen LogP contribution in [0.2, 0.25) is 0 Å². The number of hydrogen-bond donors (Lipinski definition) is 2. The minimum Gasteiger partial charge on any atom is -0.475 e. The predicted molar refractivity (Wildman–Crippen MR) is 81.8 cm³/mol. The molecule has 0 radical (unpaired) electrons. The second kappa shape index (κ2) is 7.42. The number of sulfonamides is 1. The van der Waals surface area contributed by atoms with Crippen molar-refractivity contribution in [2.24, 2.45) is 5.92 Å². The lowest BCUT2D eigenvalue weighted by molar-refractivity contribution is 0.0661. The third-order valence-corrected chi connectivity index (χ3v) is 5.38. The van der Waals surface area contributed by atoms with E-state index in [2.05, 4.69) is 34.5 Å². The van der Waals surface area contributed by atoms with Gasteiger partial charge in [0, 0.05) is 12.1 Å². The Hall–Kier alpha value is -0.860. The zero-order valence-electron chi connectivity index (χ0n) is 12.2. The first-order chi connectivity index (χ1) is 9.63. The average molecular weight is 382 g/mol. The minimum absolute atomic E-state index is 0.109. The Morgan fingerprint density at radius 2 is 2.00 bits per heavy atom. The molecule has 0 fully saturated rings. The molecule has 0 spiro atoms. The molecule has 0 amide bonds. The van der Waals surface area contributed by atoms with E-state index in [4.69, 9.17) is 9.52 Å². The Morgan fingerprint density at radius 3 is 2.48 bits per heavy atom. The second-order valence-corrected chi connectivity index (χ2v) is 7.80. The van der Waals surface area contributed by atoms with Crippen molar-refractivity contribution in [1.82, 2.24) is 4.72 Å². The van der Waals surface area contributed by atoms with Crippen LogP contribution in [0.1, 0.15) is 50.6 Å². The van der Waals surface area contributed by atoms with Crippen molar-refractivity contribution in [3.63, 3.8) is 0 Å². The molecule has 0 saturated heterocycles. The fraction of sp³-hybridized carbons (Fsp3) is 0.615. The highest BCUT2D eigenvalue weighted by molar-refractivity contribution is 9.10. The van der Waals surface area contributed by atoms with E-state index >= 15 is 0 Å². The van der Waals surface area contributed by atoms with Crippen LogP contribution in [0.15, 0.2) is 20.0 Å². The summed E-state index contributed by atoms with van der Waals surface area (Å²) in [5.41, 5.74) is 0. The standard InChI is InChI=1S/C13H20BrNO5S/c1-8(2)5-4-6-9(3)15-21(18,19)11-7-10(13(16)17)20-12(11)14/h7-9,15H,4-6H2,1-3H3,(H,16,17). The summed E-state index contributed by atoms with van der Waals surface area (Å²) in [6, 6.07) is 0.763. The molecule has 0 bridgehead atoms. The number of nitrogens with one attached hydrogen (secondary N) is 1. The van der Waals surface area contributed by atoms with Crippen molar-refractivity contribution in [2.45, 2.75) is 51.0 Å². The van der Waals surface area contributed by atoms with Crippen LogP contribution in [0, 0.1) is 5.92 Å². The van der Waals surface area contributed by atoms with Crippen LogP contribution in [0.25, 0.3) is 0 Å². The number of carboxylic acid groups (broad SMARTS) is 1. The van der Waals surface area contributed by atoms with Gasteiger partial charge < -0.3 is 9.52 Å². The summed E-state index contributed by atoms with van der Waals surface area (Å²) >= 11 is 2.93. The first-order valence-electron chi connectivity index (χ1n) is 6.68. The normalized spacial score (nSPS) is 13.6. The molecule has 0 aliphatic heterocycles. The van der Waals surface area contributed by atoms with Crippen LogP contribution >= 0.6 is 15.9 Å². The lowest BCUT2D eigenvalue weighted by Crippen LogP contribution is -2.32. The zero-order chi connectivity index (χ0) is 16.2. The number of carbonyl (C=O) groups is 1. The fourth-order valence-electron chi connectivity index (χ4n) is 1.86. The highest BCUT2D eigenvalue weighted by atomic mass is 79.9. The summed E-state index contributed by atoms with van der Waals surface area (Å²) in [6.07, 6.45) is 2.68. The van der Waals surface area contributed by atoms with Gasteiger partial charge in [-0.1, -0.05) is 26.7 Å². The van der Waals surface area contributed by atoms with E-state index in [1.165, 1.54) is 0 Å². The molecule has 0 saturated carbocycles. The number of hydrogen-bond acceptors (Lipinski definition) is 4. The van der Waals surface area contributed by atoms with Gasteiger partial charge in [0.2, 0.25) is 15.8 Å². The Morgan fingerprint density at radius 1 is 1.38 bits per heavy atom. The molecule has 1 aromatic rings. The summed E-state index contributed by atoms with van der Waals surface area (Å²) in [5, 5.41) is 8.81. The molecular weight excluding hydrogens is 362 g/mol. The lowest BCUT2D eigenvalue weighted by Gasteiger charge is -2.14. The third-order valence-electron chi connectivity index (χ3n) is 2.93. The van der Waals surface area contributed by atoms with Crippen molar-refractivity contribution in [1.29, 1.82) is 0 Å². The third kappa shape index (κ3) is 5.44. The first kappa shape index (κ1) is 18.2. The SMILES string of the molecule is CC(C)CCCC(C)NS(=O)(=O)c1cc(C(=O)O)oc1Br. The van der Waals surface area contributed by atoms with Crippen molar-refractivity contribution in [2.75, 3.05) is 0 Å². The van der Waals surface area contributed by atoms with Crippen LogP contribution in [0.5, 0.6) is 0 Å². The molecule has 1 unspecified atom stereocenters. The highest BCUT2D eigenvalue weighted by Gasteiger charge is 2.26. The predicted octanol–water partition coefficient (Wildman–Crippen LogP) is 3.23. The van der Waals surface area contributed by atoms with Gasteiger partial charge >= 0.3 is 5.97 Å². The molecule has 21 heavy (non-hydrogen) atoms. The summed E-state index contributed by atoms with van der Waals surface area (Å²) in [6.45, 7) is 6.01. The van der Waals surface area contributed by atoms with Gasteiger partial charge in [-0.3, -0.25) is 0 Å². The van der Waals surface area contributed by atoms with Crippen molar-refractivity contribution >= 4 is 31.9 Å². The van der Waals surface area contributed by atoms with E-state index in [-0.39, 0.29) is 15.6 Å². The van der Waals surface area contributed by atoms with E-state index in [0.29, 0.717) is 5.92 Å². The Balaban J connectivity index is 2.75. The quantitative estimate of drug-likeness (QED) is 0.720. The van der Waals surface area contributed by atoms with E-state index in [9.17, 15) is 13.2 Å². The summed E-state index contributed by atoms with van der Waals surface area (Å²) in [5.74, 6) is -1.16. The molecule has 1 rings (SSSR count). The van der Waals surface area contributed by atoms with Crippen LogP contribution in [-0.4, -0.2) is 25.5 Å². The molecule has 1 heterocycles. The Bertz CT molecular complexity index is 594. The van der Waals surface area contributed by atoms with Crippen molar-refractivity contribution in [3.8, 4) is 0 Å². The molecule has 6 nitrogen and oxygen atoms in total. The molecule has 1 aromatic heterocycles. The monoisotopic (exact) mass is 381 g/mol. The van der Waals surface area contributed by atoms with Gasteiger partial charge in [0.25, 0.3) is 0 Å². The van der Waals surface area contributed by atoms with Crippen LogP contribution in [-0.2, 0) is 10.0 Å². The Labute approximate surface area is 133 Å². The van der Waals surface area contributed by atoms with E-state index in [0.717, 1.165) is 25.3 Å². The van der Waals surface area contributed by atoms with Crippen molar-refractivity contribution in [3.05, 3.63) is 16.5 Å². The molecule has 0 aliphatic carbocycles. The van der Waals surface area contributed by atoms with Crippen LogP contribution in [0.3, 0.4) is 0 Å². The zero-order valence-corrected chi connectivity index (χ0v) is 14.6. The van der Waals surface area contributed by atoms with Gasteiger partial charge in [0.15, 0.2) is 4.67 Å². The van der Waals surface area contributed by atoms with E-state index in [1.54, 1.807) is 6.92 Å². The largest absolute Gasteiger partial charge is 0.475 e. The van der Waals surface area contributed by atoms with Gasteiger partial charge in [0.1, 0.15) is 4.90 Å². The summed E-state index contributed by atoms with van der Waals surface area (Å²) in [7, 11) is -3.81.